The second-order valence-electron chi connectivity index (χ2n) is 7.00. The first-order chi connectivity index (χ1) is 13.3. The van der Waals surface area contributed by atoms with Crippen molar-refractivity contribution in [3.63, 3.8) is 0 Å². The van der Waals surface area contributed by atoms with Crippen molar-refractivity contribution >= 4 is 5.97 Å². The van der Waals surface area contributed by atoms with Crippen molar-refractivity contribution in [2.45, 2.75) is 63.6 Å². The summed E-state index contributed by atoms with van der Waals surface area (Å²) in [5.41, 5.74) is 1.49. The second kappa shape index (κ2) is 8.67. The minimum atomic E-state index is -4.79. The van der Waals surface area contributed by atoms with Crippen LogP contribution in [0.15, 0.2) is 28.8 Å². The number of hydrogen-bond donors (Lipinski definition) is 1. The summed E-state index contributed by atoms with van der Waals surface area (Å²) in [4.78, 5) is 10.6. The molecule has 1 aromatic carbocycles. The van der Waals surface area contributed by atoms with Crippen LogP contribution in [0.5, 0.6) is 5.75 Å². The molecule has 152 valence electrons. The predicted octanol–water partition coefficient (Wildman–Crippen LogP) is 5.70. The van der Waals surface area contributed by atoms with Crippen LogP contribution in [-0.4, -0.2) is 22.6 Å². The molecule has 0 radical (unpaired) electrons. The zero-order valence-electron chi connectivity index (χ0n) is 15.3. The summed E-state index contributed by atoms with van der Waals surface area (Å²) in [6, 6.07) is 5.93. The number of ether oxygens (including phenoxy) is 1. The Labute approximate surface area is 160 Å². The first-order valence-corrected chi connectivity index (χ1v) is 9.40. The van der Waals surface area contributed by atoms with E-state index in [1.807, 2.05) is 0 Å². The van der Waals surface area contributed by atoms with Gasteiger partial charge in [0.2, 0.25) is 0 Å². The number of aliphatic carboxylic acids is 1. The van der Waals surface area contributed by atoms with E-state index in [1.54, 1.807) is 12.1 Å². The highest BCUT2D eigenvalue weighted by Crippen LogP contribution is 2.45. The van der Waals surface area contributed by atoms with Gasteiger partial charge in [0.15, 0.2) is 0 Å². The molecule has 28 heavy (non-hydrogen) atoms. The molecule has 0 atom stereocenters. The van der Waals surface area contributed by atoms with Crippen molar-refractivity contribution in [3.05, 3.63) is 35.6 Å². The van der Waals surface area contributed by atoms with Crippen molar-refractivity contribution in [3.8, 4) is 17.0 Å². The van der Waals surface area contributed by atoms with E-state index >= 15 is 0 Å². The molecule has 1 aliphatic carbocycles. The fourth-order valence-electron chi connectivity index (χ4n) is 3.25. The Bertz CT molecular complexity index is 812. The second-order valence-corrected chi connectivity index (χ2v) is 7.00. The number of nitrogens with zero attached hydrogens (tertiary/aromatic N) is 1. The van der Waals surface area contributed by atoms with E-state index in [-0.39, 0.29) is 23.7 Å². The highest BCUT2D eigenvalue weighted by molar-refractivity contribution is 5.70. The van der Waals surface area contributed by atoms with E-state index in [0.717, 1.165) is 43.4 Å². The quantitative estimate of drug-likeness (QED) is 0.521. The maximum Gasteiger partial charge on any atom is 0.573 e. The van der Waals surface area contributed by atoms with Crippen LogP contribution < -0.4 is 4.74 Å². The summed E-state index contributed by atoms with van der Waals surface area (Å²) in [6.45, 7) is 0. The third kappa shape index (κ3) is 5.50. The molecule has 0 unspecified atom stereocenters. The highest BCUT2D eigenvalue weighted by Gasteiger charge is 2.35. The molecule has 3 rings (SSSR count). The highest BCUT2D eigenvalue weighted by atomic mass is 19.4. The number of benzene rings is 1. The third-order valence-electron chi connectivity index (χ3n) is 4.70. The number of hydrogen-bond acceptors (Lipinski definition) is 4. The molecule has 0 amide bonds. The van der Waals surface area contributed by atoms with Crippen molar-refractivity contribution in [2.75, 3.05) is 0 Å². The maximum absolute atomic E-state index is 12.8. The Hall–Kier alpha value is -2.51. The van der Waals surface area contributed by atoms with Gasteiger partial charge in [-0.15, -0.1) is 13.2 Å². The predicted molar refractivity (Wildman–Crippen MR) is 95.0 cm³/mol. The standard InChI is InChI=1S/C20H22F3NO4/c21-20(22,23)27-16-9-6-5-7-14(16)18-15(19(28-24-18)13-11-12-13)8-3-1-2-4-10-17(25)26/h5-7,9,13H,1-4,8,10-12H2,(H,25,26). The van der Waals surface area contributed by atoms with E-state index in [1.165, 1.54) is 12.1 Å². The summed E-state index contributed by atoms with van der Waals surface area (Å²) in [6.07, 6.45) is 0.985. The molecular weight excluding hydrogens is 375 g/mol. The van der Waals surface area contributed by atoms with E-state index < -0.39 is 12.3 Å². The monoisotopic (exact) mass is 397 g/mol. The van der Waals surface area contributed by atoms with E-state index in [9.17, 15) is 18.0 Å². The smallest absolute Gasteiger partial charge is 0.481 e. The Morgan fingerprint density at radius 1 is 1.18 bits per heavy atom. The van der Waals surface area contributed by atoms with Crippen molar-refractivity contribution in [1.82, 2.24) is 5.16 Å². The normalized spacial score (nSPS) is 14.2. The SMILES string of the molecule is O=C(O)CCCCCCc1c(-c2ccccc2OC(F)(F)F)noc1C1CC1. The number of aromatic nitrogens is 1. The number of carbonyl (C=O) groups is 1. The fourth-order valence-corrected chi connectivity index (χ4v) is 3.25. The molecule has 5 nitrogen and oxygen atoms in total. The number of rotatable bonds is 10. The Balaban J connectivity index is 1.76. The van der Waals surface area contributed by atoms with E-state index in [0.29, 0.717) is 18.5 Å². The van der Waals surface area contributed by atoms with Gasteiger partial charge in [-0.1, -0.05) is 30.1 Å². The summed E-state index contributed by atoms with van der Waals surface area (Å²) in [5, 5.41) is 12.8. The number of para-hydroxylation sites is 1. The molecule has 1 aromatic heterocycles. The van der Waals surface area contributed by atoms with Crippen LogP contribution in [0, 0.1) is 0 Å². The molecule has 1 N–H and O–H groups in total. The molecule has 0 bridgehead atoms. The lowest BCUT2D eigenvalue weighted by atomic mass is 9.98. The summed E-state index contributed by atoms with van der Waals surface area (Å²) < 4.78 is 47.9. The Kier molecular flexibility index (Phi) is 6.26. The van der Waals surface area contributed by atoms with Gasteiger partial charge in [0.1, 0.15) is 17.2 Å². The largest absolute Gasteiger partial charge is 0.573 e. The van der Waals surface area contributed by atoms with E-state index in [2.05, 4.69) is 9.89 Å². The Morgan fingerprint density at radius 2 is 1.89 bits per heavy atom. The van der Waals surface area contributed by atoms with Crippen LogP contribution in [0.4, 0.5) is 13.2 Å². The molecule has 1 aliphatic rings. The molecule has 1 heterocycles. The molecule has 0 spiro atoms. The first-order valence-electron chi connectivity index (χ1n) is 9.40. The van der Waals surface area contributed by atoms with Gasteiger partial charge >= 0.3 is 12.3 Å². The minimum Gasteiger partial charge on any atom is -0.481 e. The number of alkyl halides is 3. The average molecular weight is 397 g/mol. The zero-order chi connectivity index (χ0) is 20.1. The first kappa shape index (κ1) is 20.2. The van der Waals surface area contributed by atoms with Crippen LogP contribution in [-0.2, 0) is 11.2 Å². The number of carboxylic acid groups (broad SMARTS) is 1. The molecular formula is C20H22F3NO4. The lowest BCUT2D eigenvalue weighted by Crippen LogP contribution is -2.17. The Morgan fingerprint density at radius 3 is 2.57 bits per heavy atom. The van der Waals surface area contributed by atoms with Crippen LogP contribution >= 0.6 is 0 Å². The number of unbranched alkanes of at least 4 members (excludes halogenated alkanes) is 3. The molecule has 1 fully saturated rings. The summed E-state index contributed by atoms with van der Waals surface area (Å²) >= 11 is 0. The van der Waals surface area contributed by atoms with Gasteiger partial charge in [-0.2, -0.15) is 0 Å². The maximum atomic E-state index is 12.8. The summed E-state index contributed by atoms with van der Waals surface area (Å²) in [5.74, 6) is -0.0757. The number of carboxylic acids is 1. The van der Waals surface area contributed by atoms with Gasteiger partial charge in [-0.3, -0.25) is 4.79 Å². The van der Waals surface area contributed by atoms with Crippen LogP contribution in [0.2, 0.25) is 0 Å². The van der Waals surface area contributed by atoms with Crippen molar-refractivity contribution in [2.24, 2.45) is 0 Å². The lowest BCUT2D eigenvalue weighted by molar-refractivity contribution is -0.274. The van der Waals surface area contributed by atoms with Gasteiger partial charge < -0.3 is 14.4 Å². The van der Waals surface area contributed by atoms with Gasteiger partial charge in [0.25, 0.3) is 0 Å². The van der Waals surface area contributed by atoms with Crippen molar-refractivity contribution < 1.29 is 32.3 Å². The fraction of sp³-hybridized carbons (Fsp3) is 0.500. The lowest BCUT2D eigenvalue weighted by Gasteiger charge is -2.12. The van der Waals surface area contributed by atoms with E-state index in [4.69, 9.17) is 9.63 Å². The van der Waals surface area contributed by atoms with Gasteiger partial charge in [-0.05, 0) is 44.2 Å². The van der Waals surface area contributed by atoms with Crippen LogP contribution in [0.3, 0.4) is 0 Å². The molecule has 0 saturated heterocycles. The zero-order valence-corrected chi connectivity index (χ0v) is 15.3. The van der Waals surface area contributed by atoms with Gasteiger partial charge in [0, 0.05) is 23.5 Å². The minimum absolute atomic E-state index is 0.147. The van der Waals surface area contributed by atoms with Crippen LogP contribution in [0.1, 0.15) is 62.2 Å². The molecule has 8 heteroatoms. The average Bonchev–Trinajstić information content (AvgIpc) is 3.37. The third-order valence-corrected chi connectivity index (χ3v) is 4.70. The molecule has 0 aliphatic heterocycles. The van der Waals surface area contributed by atoms with Crippen molar-refractivity contribution in [1.29, 1.82) is 0 Å². The topological polar surface area (TPSA) is 72.6 Å². The summed E-state index contributed by atoms with van der Waals surface area (Å²) in [7, 11) is 0. The molecule has 2 aromatic rings. The van der Waals surface area contributed by atoms with Gasteiger partial charge in [0.05, 0.1) is 0 Å². The molecule has 1 saturated carbocycles. The van der Waals surface area contributed by atoms with Gasteiger partial charge in [-0.25, -0.2) is 0 Å². The van der Waals surface area contributed by atoms with Crippen LogP contribution in [0.25, 0.3) is 11.3 Å². The number of halogens is 3.